The van der Waals surface area contributed by atoms with Crippen molar-refractivity contribution >= 4 is 11.6 Å². The van der Waals surface area contributed by atoms with E-state index in [1.165, 1.54) is 5.56 Å². The summed E-state index contributed by atoms with van der Waals surface area (Å²) in [5.74, 6) is 2.67. The molecule has 142 valence electrons. The first-order chi connectivity index (χ1) is 13.7. The van der Waals surface area contributed by atoms with Crippen molar-refractivity contribution in [1.29, 1.82) is 0 Å². The van der Waals surface area contributed by atoms with E-state index in [1.54, 1.807) is 0 Å². The monoisotopic (exact) mass is 377 g/mol. The summed E-state index contributed by atoms with van der Waals surface area (Å²) < 4.78 is 16.5. The fourth-order valence-electron chi connectivity index (χ4n) is 3.54. The molecule has 0 bridgehead atoms. The van der Waals surface area contributed by atoms with Crippen LogP contribution in [0.25, 0.3) is 11.4 Å². The largest absolute Gasteiger partial charge is 0.486 e. The van der Waals surface area contributed by atoms with Gasteiger partial charge in [0.2, 0.25) is 17.6 Å². The van der Waals surface area contributed by atoms with Gasteiger partial charge >= 0.3 is 0 Å². The molecule has 5 rings (SSSR count). The third-order valence-electron chi connectivity index (χ3n) is 4.92. The van der Waals surface area contributed by atoms with Crippen LogP contribution in [-0.2, 0) is 24.1 Å². The second-order valence-electron chi connectivity index (χ2n) is 6.94. The van der Waals surface area contributed by atoms with E-state index in [9.17, 15) is 4.79 Å². The number of amides is 1. The van der Waals surface area contributed by atoms with Crippen LogP contribution in [0.3, 0.4) is 0 Å². The van der Waals surface area contributed by atoms with Crippen molar-refractivity contribution in [2.24, 2.45) is 0 Å². The number of aromatic nitrogens is 2. The lowest BCUT2D eigenvalue weighted by Gasteiger charge is -2.18. The molecule has 2 aliphatic rings. The number of carbonyl (C=O) groups excluding carboxylic acids is 1. The topological polar surface area (TPSA) is 86.5 Å². The SMILES string of the molecule is O=C1Cc2cc(CCCc3nc(-c4ccc5c(c4)OCCO5)no3)ccc2N1. The molecule has 0 unspecified atom stereocenters. The highest BCUT2D eigenvalue weighted by Crippen LogP contribution is 2.33. The number of anilines is 1. The Hall–Kier alpha value is -3.35. The normalized spacial score (nSPS) is 14.6. The number of ether oxygens (including phenoxy) is 2. The number of aryl methyl sites for hydroxylation is 2. The number of rotatable bonds is 5. The molecule has 7 heteroatoms. The molecule has 1 aromatic heterocycles. The quantitative estimate of drug-likeness (QED) is 0.735. The van der Waals surface area contributed by atoms with Crippen molar-refractivity contribution in [2.75, 3.05) is 18.5 Å². The average Bonchev–Trinajstić information content (AvgIpc) is 3.33. The molecule has 28 heavy (non-hydrogen) atoms. The number of carbonyl (C=O) groups is 1. The van der Waals surface area contributed by atoms with Crippen LogP contribution >= 0.6 is 0 Å². The molecule has 0 atom stereocenters. The van der Waals surface area contributed by atoms with Gasteiger partial charge in [-0.25, -0.2) is 0 Å². The fraction of sp³-hybridized carbons (Fsp3) is 0.286. The number of nitrogens with one attached hydrogen (secondary N) is 1. The Morgan fingerprint density at radius 1 is 1.00 bits per heavy atom. The van der Waals surface area contributed by atoms with Gasteiger partial charge in [-0.2, -0.15) is 4.98 Å². The third kappa shape index (κ3) is 3.31. The van der Waals surface area contributed by atoms with Gasteiger partial charge in [-0.15, -0.1) is 0 Å². The Morgan fingerprint density at radius 3 is 2.82 bits per heavy atom. The van der Waals surface area contributed by atoms with Crippen LogP contribution in [0.15, 0.2) is 40.9 Å². The Kier molecular flexibility index (Phi) is 4.20. The zero-order chi connectivity index (χ0) is 18.9. The smallest absolute Gasteiger partial charge is 0.228 e. The summed E-state index contributed by atoms with van der Waals surface area (Å²) in [6.07, 6.45) is 2.95. The molecule has 3 aromatic rings. The maximum Gasteiger partial charge on any atom is 0.228 e. The number of hydrogen-bond acceptors (Lipinski definition) is 6. The molecule has 0 spiro atoms. The zero-order valence-electron chi connectivity index (χ0n) is 15.2. The Morgan fingerprint density at radius 2 is 1.89 bits per heavy atom. The van der Waals surface area contributed by atoms with E-state index in [1.807, 2.05) is 24.3 Å². The van der Waals surface area contributed by atoms with Crippen LogP contribution in [0.4, 0.5) is 5.69 Å². The third-order valence-corrected chi connectivity index (χ3v) is 4.92. The highest BCUT2D eigenvalue weighted by atomic mass is 16.6. The van der Waals surface area contributed by atoms with Crippen LogP contribution < -0.4 is 14.8 Å². The van der Waals surface area contributed by atoms with Crippen molar-refractivity contribution in [3.05, 3.63) is 53.4 Å². The summed E-state index contributed by atoms with van der Waals surface area (Å²) in [6.45, 7) is 1.11. The second kappa shape index (κ2) is 6.99. The number of hydrogen-bond donors (Lipinski definition) is 1. The highest BCUT2D eigenvalue weighted by molar-refractivity contribution is 5.99. The first kappa shape index (κ1) is 16.8. The van der Waals surface area contributed by atoms with Gasteiger partial charge in [0.25, 0.3) is 0 Å². The summed E-state index contributed by atoms with van der Waals surface area (Å²) in [5, 5.41) is 6.94. The molecule has 1 N–H and O–H groups in total. The highest BCUT2D eigenvalue weighted by Gasteiger charge is 2.18. The molecule has 3 heterocycles. The van der Waals surface area contributed by atoms with Gasteiger partial charge in [0.05, 0.1) is 6.42 Å². The Labute approximate surface area is 161 Å². The summed E-state index contributed by atoms with van der Waals surface area (Å²) in [4.78, 5) is 16.0. The lowest BCUT2D eigenvalue weighted by atomic mass is 10.0. The molecule has 0 saturated carbocycles. The average molecular weight is 377 g/mol. The molecular formula is C21H19N3O4. The molecule has 0 fully saturated rings. The summed E-state index contributed by atoms with van der Waals surface area (Å²) in [7, 11) is 0. The van der Waals surface area contributed by atoms with Gasteiger partial charge in [0.15, 0.2) is 11.5 Å². The van der Waals surface area contributed by atoms with Gasteiger partial charge in [0, 0.05) is 17.7 Å². The van der Waals surface area contributed by atoms with Crippen molar-refractivity contribution in [3.63, 3.8) is 0 Å². The second-order valence-corrected chi connectivity index (χ2v) is 6.94. The lowest BCUT2D eigenvalue weighted by Crippen LogP contribution is -2.15. The summed E-state index contributed by atoms with van der Waals surface area (Å²) in [6, 6.07) is 11.8. The maximum atomic E-state index is 11.5. The van der Waals surface area contributed by atoms with E-state index in [-0.39, 0.29) is 5.91 Å². The minimum absolute atomic E-state index is 0.0599. The number of fused-ring (bicyclic) bond motifs is 2. The van der Waals surface area contributed by atoms with Crippen molar-refractivity contribution < 1.29 is 18.8 Å². The zero-order valence-corrected chi connectivity index (χ0v) is 15.2. The molecular weight excluding hydrogens is 358 g/mol. The van der Waals surface area contributed by atoms with Gasteiger partial charge in [0.1, 0.15) is 13.2 Å². The number of benzene rings is 2. The van der Waals surface area contributed by atoms with Gasteiger partial charge in [-0.3, -0.25) is 4.79 Å². The Bertz CT molecular complexity index is 1040. The van der Waals surface area contributed by atoms with E-state index in [0.717, 1.165) is 35.4 Å². The Balaban J connectivity index is 1.22. The summed E-state index contributed by atoms with van der Waals surface area (Å²) in [5.41, 5.74) is 4.05. The van der Waals surface area contributed by atoms with Crippen molar-refractivity contribution in [1.82, 2.24) is 10.1 Å². The minimum Gasteiger partial charge on any atom is -0.486 e. The van der Waals surface area contributed by atoms with Crippen molar-refractivity contribution in [2.45, 2.75) is 25.7 Å². The maximum absolute atomic E-state index is 11.5. The van der Waals surface area contributed by atoms with Crippen LogP contribution in [0.2, 0.25) is 0 Å². The number of nitrogens with zero attached hydrogens (tertiary/aromatic N) is 2. The van der Waals surface area contributed by atoms with Crippen LogP contribution in [0, 0.1) is 0 Å². The first-order valence-electron chi connectivity index (χ1n) is 9.39. The van der Waals surface area contributed by atoms with Crippen LogP contribution in [0.5, 0.6) is 11.5 Å². The molecule has 7 nitrogen and oxygen atoms in total. The molecule has 0 aliphatic carbocycles. The summed E-state index contributed by atoms with van der Waals surface area (Å²) >= 11 is 0. The first-order valence-corrected chi connectivity index (χ1v) is 9.39. The minimum atomic E-state index is 0.0599. The van der Waals surface area contributed by atoms with E-state index in [4.69, 9.17) is 14.0 Å². The lowest BCUT2D eigenvalue weighted by molar-refractivity contribution is -0.115. The van der Waals surface area contributed by atoms with Crippen LogP contribution in [-0.4, -0.2) is 29.3 Å². The molecule has 2 aromatic carbocycles. The molecule has 0 saturated heterocycles. The fourth-order valence-corrected chi connectivity index (χ4v) is 3.54. The van der Waals surface area contributed by atoms with Crippen LogP contribution in [0.1, 0.15) is 23.4 Å². The predicted octanol–water partition coefficient (Wildman–Crippen LogP) is 3.18. The van der Waals surface area contributed by atoms with E-state index >= 15 is 0 Å². The van der Waals surface area contributed by atoms with E-state index in [0.29, 0.717) is 43.5 Å². The standard InChI is InChI=1S/C21H19N3O4/c25-19-12-15-10-13(4-6-16(15)22-19)2-1-3-20-23-21(24-28-20)14-5-7-17-18(11-14)27-9-8-26-17/h4-7,10-11H,1-3,8-9,12H2,(H,22,25). The van der Waals surface area contributed by atoms with E-state index < -0.39 is 0 Å². The molecule has 1 amide bonds. The van der Waals surface area contributed by atoms with Crippen molar-refractivity contribution in [3.8, 4) is 22.9 Å². The molecule has 0 radical (unpaired) electrons. The van der Waals surface area contributed by atoms with Gasteiger partial charge in [-0.05, 0) is 48.2 Å². The van der Waals surface area contributed by atoms with Gasteiger partial charge < -0.3 is 19.3 Å². The molecule has 2 aliphatic heterocycles. The predicted molar refractivity (Wildman–Crippen MR) is 102 cm³/mol. The van der Waals surface area contributed by atoms with E-state index in [2.05, 4.69) is 27.6 Å². The van der Waals surface area contributed by atoms with Gasteiger partial charge in [-0.1, -0.05) is 17.3 Å².